The van der Waals surface area contributed by atoms with Crippen molar-refractivity contribution >= 4 is 5.91 Å². The minimum atomic E-state index is -1.99. The predicted molar refractivity (Wildman–Crippen MR) is 378 cm³/mol. The maximum atomic E-state index is 13.4. The van der Waals surface area contributed by atoms with Crippen LogP contribution in [0.25, 0.3) is 0 Å². The zero-order valence-electron chi connectivity index (χ0n) is 58.8. The lowest BCUT2D eigenvalue weighted by atomic mass is 9.96. The van der Waals surface area contributed by atoms with Crippen molar-refractivity contribution < 1.29 is 89.4 Å². The molecule has 3 heterocycles. The van der Waals surface area contributed by atoms with Crippen molar-refractivity contribution in [3.8, 4) is 0 Å². The van der Waals surface area contributed by atoms with Crippen LogP contribution in [-0.2, 0) is 33.2 Å². The first kappa shape index (κ1) is 86.9. The average molecular weight is 1360 g/mol. The van der Waals surface area contributed by atoms with Gasteiger partial charge >= 0.3 is 0 Å². The van der Waals surface area contributed by atoms with E-state index in [0.29, 0.717) is 12.8 Å². The normalized spacial score (nSPS) is 27.6. The second-order valence-electron chi connectivity index (χ2n) is 26.4. The van der Waals surface area contributed by atoms with E-state index in [2.05, 4.69) is 104 Å². The summed E-state index contributed by atoms with van der Waals surface area (Å²) in [6.07, 6.45) is 49.5. The molecule has 3 aliphatic rings. The second kappa shape index (κ2) is 57.3. The number of aliphatic hydroxyl groups excluding tert-OH is 11. The Morgan fingerprint density at radius 3 is 1.17 bits per heavy atom. The van der Waals surface area contributed by atoms with E-state index in [1.165, 1.54) is 128 Å². The monoisotopic (exact) mass is 1360 g/mol. The lowest BCUT2D eigenvalue weighted by molar-refractivity contribution is -0.379. The molecule has 3 aliphatic heterocycles. The molecule has 96 heavy (non-hydrogen) atoms. The number of unbranched alkanes of at least 4 members (excludes halogenated alkanes) is 27. The Bertz CT molecular complexity index is 2110. The van der Waals surface area contributed by atoms with E-state index in [4.69, 9.17) is 28.4 Å². The SMILES string of the molecule is CC/C=C\C/C=C\C/C=C\C/C=C\C/C=C\CCCCCCCCCCCCCCCC(=O)NC(COC1OC(CO)C(OC2OC(CO)C(OC3OC(CO)C(O)C(O)C3O)C(O)C2O)C(O)C1O)C(O)/C=C/CC/C=C/CC/C=C/CCCCCCCCCCCCCC. The second-order valence-corrected chi connectivity index (χ2v) is 26.4. The molecule has 0 radical (unpaired) electrons. The molecule has 554 valence electrons. The first-order valence-electron chi connectivity index (χ1n) is 37.5. The highest BCUT2D eigenvalue weighted by Crippen LogP contribution is 2.33. The highest BCUT2D eigenvalue weighted by Gasteiger charge is 2.53. The third-order valence-corrected chi connectivity index (χ3v) is 18.1. The predicted octanol–water partition coefficient (Wildman–Crippen LogP) is 11.2. The molecule has 3 fully saturated rings. The fourth-order valence-corrected chi connectivity index (χ4v) is 12.1. The number of allylic oxidation sites excluding steroid dienone is 15. The summed E-state index contributed by atoms with van der Waals surface area (Å²) in [5.74, 6) is -0.293. The Balaban J connectivity index is 1.42. The van der Waals surface area contributed by atoms with E-state index in [1.807, 2.05) is 6.08 Å². The van der Waals surface area contributed by atoms with Crippen LogP contribution in [0.2, 0.25) is 0 Å². The van der Waals surface area contributed by atoms with Gasteiger partial charge in [-0.2, -0.15) is 0 Å². The molecule has 17 unspecified atom stereocenters. The Morgan fingerprint density at radius 1 is 0.385 bits per heavy atom. The van der Waals surface area contributed by atoms with Crippen LogP contribution in [0.5, 0.6) is 0 Å². The van der Waals surface area contributed by atoms with Gasteiger partial charge in [0.15, 0.2) is 18.9 Å². The summed E-state index contributed by atoms with van der Waals surface area (Å²) < 4.78 is 34.4. The Morgan fingerprint density at radius 2 is 0.729 bits per heavy atom. The lowest BCUT2D eigenvalue weighted by Gasteiger charge is -2.48. The molecule has 19 nitrogen and oxygen atoms in total. The van der Waals surface area contributed by atoms with Crippen LogP contribution >= 0.6 is 0 Å². The van der Waals surface area contributed by atoms with Gasteiger partial charge in [-0.25, -0.2) is 0 Å². The third-order valence-electron chi connectivity index (χ3n) is 18.1. The van der Waals surface area contributed by atoms with E-state index in [-0.39, 0.29) is 18.9 Å². The summed E-state index contributed by atoms with van der Waals surface area (Å²) in [6.45, 7) is 1.60. The molecular weight excluding hydrogens is 1230 g/mol. The molecule has 0 saturated carbocycles. The smallest absolute Gasteiger partial charge is 0.220 e. The Hall–Kier alpha value is -3.29. The molecule has 0 aromatic rings. The highest BCUT2D eigenvalue weighted by atomic mass is 16.8. The molecule has 0 aromatic carbocycles. The van der Waals surface area contributed by atoms with Gasteiger partial charge in [0.1, 0.15) is 73.2 Å². The maximum absolute atomic E-state index is 13.4. The fraction of sp³-hybridized carbons (Fsp3) is 0.779. The minimum absolute atomic E-state index is 0.225. The number of amides is 1. The highest BCUT2D eigenvalue weighted by molar-refractivity contribution is 5.76. The largest absolute Gasteiger partial charge is 0.394 e. The topological polar surface area (TPSA) is 307 Å². The molecule has 12 N–H and O–H groups in total. The number of carbonyl (C=O) groups excluding carboxylic acids is 1. The average Bonchev–Trinajstić information content (AvgIpc) is 0.787. The molecule has 0 spiro atoms. The van der Waals surface area contributed by atoms with Crippen LogP contribution in [0.15, 0.2) is 97.2 Å². The Kier molecular flexibility index (Phi) is 51.9. The van der Waals surface area contributed by atoms with Crippen LogP contribution < -0.4 is 5.32 Å². The molecule has 3 rings (SSSR count). The number of rotatable bonds is 57. The summed E-state index contributed by atoms with van der Waals surface area (Å²) in [5, 5.41) is 121. The van der Waals surface area contributed by atoms with E-state index in [1.54, 1.807) is 6.08 Å². The molecular formula is C77H133NO18. The van der Waals surface area contributed by atoms with Gasteiger partial charge in [-0.15, -0.1) is 0 Å². The molecule has 0 aliphatic carbocycles. The summed E-state index contributed by atoms with van der Waals surface area (Å²) >= 11 is 0. The van der Waals surface area contributed by atoms with Crippen molar-refractivity contribution in [1.29, 1.82) is 0 Å². The number of hydrogen-bond donors (Lipinski definition) is 12. The van der Waals surface area contributed by atoms with Gasteiger partial charge < -0.3 is 89.9 Å². The van der Waals surface area contributed by atoms with Crippen molar-refractivity contribution in [3.63, 3.8) is 0 Å². The quantitative estimate of drug-likeness (QED) is 0.0199. The number of ether oxygens (including phenoxy) is 6. The number of nitrogens with one attached hydrogen (secondary N) is 1. The number of hydrogen-bond acceptors (Lipinski definition) is 18. The minimum Gasteiger partial charge on any atom is -0.394 e. The van der Waals surface area contributed by atoms with Crippen LogP contribution in [0, 0.1) is 0 Å². The molecule has 19 heteroatoms. The van der Waals surface area contributed by atoms with Crippen LogP contribution in [0.3, 0.4) is 0 Å². The van der Waals surface area contributed by atoms with E-state index in [9.17, 15) is 61.0 Å². The van der Waals surface area contributed by atoms with E-state index in [0.717, 1.165) is 89.9 Å². The first-order valence-corrected chi connectivity index (χ1v) is 37.5. The van der Waals surface area contributed by atoms with Crippen molar-refractivity contribution in [3.05, 3.63) is 97.2 Å². The van der Waals surface area contributed by atoms with Gasteiger partial charge in [-0.3, -0.25) is 4.79 Å². The van der Waals surface area contributed by atoms with Crippen molar-refractivity contribution in [2.45, 2.75) is 356 Å². The first-order chi connectivity index (χ1) is 46.8. The number of aliphatic hydroxyl groups is 11. The van der Waals surface area contributed by atoms with Crippen molar-refractivity contribution in [2.24, 2.45) is 0 Å². The maximum Gasteiger partial charge on any atom is 0.220 e. The third kappa shape index (κ3) is 37.9. The van der Waals surface area contributed by atoms with Gasteiger partial charge in [0.2, 0.25) is 5.91 Å². The molecule has 0 aromatic heterocycles. The van der Waals surface area contributed by atoms with Gasteiger partial charge in [0.05, 0.1) is 38.6 Å². The summed E-state index contributed by atoms with van der Waals surface area (Å²) in [5.41, 5.74) is 0. The summed E-state index contributed by atoms with van der Waals surface area (Å²) in [6, 6.07) is -1.00. The zero-order valence-corrected chi connectivity index (χ0v) is 58.8. The molecule has 17 atom stereocenters. The summed E-state index contributed by atoms with van der Waals surface area (Å²) in [7, 11) is 0. The summed E-state index contributed by atoms with van der Waals surface area (Å²) in [4.78, 5) is 13.4. The number of carbonyl (C=O) groups is 1. The molecule has 3 saturated heterocycles. The van der Waals surface area contributed by atoms with Crippen LogP contribution in [0.4, 0.5) is 0 Å². The zero-order chi connectivity index (χ0) is 69.6. The molecule has 0 bridgehead atoms. The van der Waals surface area contributed by atoms with Crippen molar-refractivity contribution in [2.75, 3.05) is 26.4 Å². The van der Waals surface area contributed by atoms with E-state index < -0.39 is 124 Å². The lowest BCUT2D eigenvalue weighted by Crippen LogP contribution is -2.66. The van der Waals surface area contributed by atoms with Gasteiger partial charge in [-0.1, -0.05) is 252 Å². The van der Waals surface area contributed by atoms with Gasteiger partial charge in [0.25, 0.3) is 0 Å². The molecule has 1 amide bonds. The Labute approximate surface area is 577 Å². The standard InChI is InChI=1S/C77H133NO18/c1-3-5-7-9-11-13-15-17-19-21-23-25-27-28-29-30-31-32-33-35-37-39-41-43-45-47-49-51-53-55-65(83)78-60(61(82)54-52-50-48-46-44-42-40-38-36-34-26-24-22-20-18-16-14-12-10-8-6-4-2)59-91-75-71(89)68(86)73(63(57-80)93-75)96-77-72(90)69(87)74(64(58-81)94-77)95-76-70(88)67(85)66(84)62(56-79)92-76/h5,7,11,13,17,19,23,25,28-29,36,38,44,46,52,54,60-64,66-77,79-82,84-90H,3-4,6,8-10,12,14-16,18,20-22,24,26-27,30-35,37,39-43,45,47-51,53,55-59H2,1-2H3,(H,78,83)/b7-5-,13-11-,19-17-,25-23-,29-28-,38-36+,46-44+,54-52+. The van der Waals surface area contributed by atoms with E-state index >= 15 is 0 Å². The van der Waals surface area contributed by atoms with Crippen LogP contribution in [-0.4, -0.2) is 193 Å². The fourth-order valence-electron chi connectivity index (χ4n) is 12.1. The van der Waals surface area contributed by atoms with Crippen LogP contribution in [0.1, 0.15) is 251 Å². The van der Waals surface area contributed by atoms with Gasteiger partial charge in [-0.05, 0) is 89.9 Å². The van der Waals surface area contributed by atoms with Crippen molar-refractivity contribution in [1.82, 2.24) is 5.32 Å². The van der Waals surface area contributed by atoms with Gasteiger partial charge in [0, 0.05) is 6.42 Å².